The first-order valence-corrected chi connectivity index (χ1v) is 8.14. The van der Waals surface area contributed by atoms with Crippen molar-refractivity contribution in [3.8, 4) is 0 Å². The van der Waals surface area contributed by atoms with Gasteiger partial charge in [0.15, 0.2) is 0 Å². The number of H-pyrrole nitrogens is 1. The Balaban J connectivity index is 2.18. The van der Waals surface area contributed by atoms with Gasteiger partial charge in [0.05, 0.1) is 12.7 Å². The largest absolute Gasteiger partial charge is 0.465 e. The zero-order valence-electron chi connectivity index (χ0n) is 15.6. The van der Waals surface area contributed by atoms with Gasteiger partial charge in [-0.05, 0) is 37.1 Å². The molecule has 2 N–H and O–H groups in total. The van der Waals surface area contributed by atoms with Crippen molar-refractivity contribution >= 4 is 17.8 Å². The number of aryl methyl sites for hydroxylation is 1. The van der Waals surface area contributed by atoms with Crippen molar-refractivity contribution in [2.45, 2.75) is 20.4 Å². The van der Waals surface area contributed by atoms with Crippen LogP contribution in [-0.4, -0.2) is 48.9 Å². The fraction of sp³-hybridized carbons (Fsp3) is 0.316. The molecule has 0 atom stereocenters. The lowest BCUT2D eigenvalue weighted by Gasteiger charge is -2.17. The molecule has 2 amide bonds. The maximum atomic E-state index is 12.7. The zero-order chi connectivity index (χ0) is 19.4. The van der Waals surface area contributed by atoms with Crippen molar-refractivity contribution in [2.24, 2.45) is 0 Å². The molecular formula is C19H23N3O4. The van der Waals surface area contributed by atoms with Crippen molar-refractivity contribution in [2.75, 3.05) is 21.2 Å². The van der Waals surface area contributed by atoms with Crippen LogP contribution in [-0.2, 0) is 11.3 Å². The summed E-state index contributed by atoms with van der Waals surface area (Å²) < 4.78 is 4.77. The summed E-state index contributed by atoms with van der Waals surface area (Å²) >= 11 is 0. The first-order chi connectivity index (χ1) is 12.3. The van der Waals surface area contributed by atoms with Crippen LogP contribution in [0, 0.1) is 13.8 Å². The van der Waals surface area contributed by atoms with Crippen LogP contribution in [0.1, 0.15) is 48.0 Å². The van der Waals surface area contributed by atoms with Crippen LogP contribution in [0.5, 0.6) is 0 Å². The minimum Gasteiger partial charge on any atom is -0.465 e. The van der Waals surface area contributed by atoms with Crippen LogP contribution in [0.3, 0.4) is 0 Å². The number of aromatic amines is 1. The van der Waals surface area contributed by atoms with E-state index in [2.05, 4.69) is 10.3 Å². The third-order valence-corrected chi connectivity index (χ3v) is 4.25. The fourth-order valence-electron chi connectivity index (χ4n) is 2.81. The molecule has 2 aromatic rings. The molecule has 0 spiro atoms. The molecule has 0 fully saturated rings. The number of carbonyl (C=O) groups is 3. The van der Waals surface area contributed by atoms with Gasteiger partial charge in [0.2, 0.25) is 0 Å². The number of benzene rings is 1. The second kappa shape index (κ2) is 7.86. The van der Waals surface area contributed by atoms with E-state index in [9.17, 15) is 14.4 Å². The number of ether oxygens (including phenoxy) is 1. The summed E-state index contributed by atoms with van der Waals surface area (Å²) in [7, 11) is 4.57. The third kappa shape index (κ3) is 3.77. The standard InChI is InChI=1S/C19H23N3O4/c1-11-15(19(25)26-5)12(2)21-16(11)18(24)22(4)10-13-6-8-14(9-7-13)17(23)20-3/h6-9,21H,10H2,1-5H3,(H,20,23). The second-order valence-electron chi connectivity index (χ2n) is 6.05. The number of hydrogen-bond acceptors (Lipinski definition) is 4. The average molecular weight is 357 g/mol. The number of methoxy groups -OCH3 is 1. The molecule has 0 radical (unpaired) electrons. The van der Waals surface area contributed by atoms with Gasteiger partial charge in [0, 0.05) is 31.9 Å². The van der Waals surface area contributed by atoms with Crippen LogP contribution in [0.25, 0.3) is 0 Å². The fourth-order valence-corrected chi connectivity index (χ4v) is 2.81. The van der Waals surface area contributed by atoms with Gasteiger partial charge in [0.1, 0.15) is 5.69 Å². The maximum Gasteiger partial charge on any atom is 0.339 e. The minimum absolute atomic E-state index is 0.159. The summed E-state index contributed by atoms with van der Waals surface area (Å²) in [5.41, 5.74) is 3.38. The molecule has 26 heavy (non-hydrogen) atoms. The van der Waals surface area contributed by atoms with Crippen LogP contribution < -0.4 is 5.32 Å². The first-order valence-electron chi connectivity index (χ1n) is 8.14. The summed E-state index contributed by atoms with van der Waals surface area (Å²) in [5.74, 6) is -0.854. The number of hydrogen-bond donors (Lipinski definition) is 2. The highest BCUT2D eigenvalue weighted by atomic mass is 16.5. The molecule has 0 aliphatic heterocycles. The van der Waals surface area contributed by atoms with Crippen molar-refractivity contribution in [3.05, 3.63) is 57.9 Å². The molecule has 0 saturated heterocycles. The molecule has 1 aromatic carbocycles. The quantitative estimate of drug-likeness (QED) is 0.801. The van der Waals surface area contributed by atoms with Crippen molar-refractivity contribution in [1.29, 1.82) is 0 Å². The van der Waals surface area contributed by atoms with E-state index < -0.39 is 5.97 Å². The summed E-state index contributed by atoms with van der Waals surface area (Å²) in [6.07, 6.45) is 0. The monoisotopic (exact) mass is 357 g/mol. The lowest BCUT2D eigenvalue weighted by molar-refractivity contribution is 0.0599. The molecule has 7 nitrogen and oxygen atoms in total. The lowest BCUT2D eigenvalue weighted by atomic mass is 10.1. The SMILES string of the molecule is CNC(=O)c1ccc(CN(C)C(=O)c2[nH]c(C)c(C(=O)OC)c2C)cc1. The molecule has 1 aromatic heterocycles. The van der Waals surface area contributed by atoms with E-state index in [-0.39, 0.29) is 11.8 Å². The van der Waals surface area contributed by atoms with Gasteiger partial charge in [0.25, 0.3) is 11.8 Å². The summed E-state index contributed by atoms with van der Waals surface area (Å²) in [5, 5.41) is 2.56. The van der Waals surface area contributed by atoms with Crippen LogP contribution in [0.2, 0.25) is 0 Å². The molecule has 2 rings (SSSR count). The summed E-state index contributed by atoms with van der Waals surface area (Å²) in [6, 6.07) is 7.04. The van der Waals surface area contributed by atoms with Gasteiger partial charge in [-0.1, -0.05) is 12.1 Å². The number of nitrogens with one attached hydrogen (secondary N) is 2. The molecule has 7 heteroatoms. The number of esters is 1. The lowest BCUT2D eigenvalue weighted by Crippen LogP contribution is -2.27. The number of amides is 2. The topological polar surface area (TPSA) is 91.5 Å². The third-order valence-electron chi connectivity index (χ3n) is 4.25. The Morgan fingerprint density at radius 2 is 1.77 bits per heavy atom. The van der Waals surface area contributed by atoms with Gasteiger partial charge in [-0.25, -0.2) is 4.79 Å². The molecular weight excluding hydrogens is 334 g/mol. The first kappa shape index (κ1) is 19.2. The molecule has 138 valence electrons. The van der Waals surface area contributed by atoms with Crippen LogP contribution in [0.4, 0.5) is 0 Å². The number of aromatic nitrogens is 1. The smallest absolute Gasteiger partial charge is 0.339 e. The Bertz CT molecular complexity index is 837. The van der Waals surface area contributed by atoms with Gasteiger partial charge in [-0.3, -0.25) is 9.59 Å². The van der Waals surface area contributed by atoms with Crippen LogP contribution >= 0.6 is 0 Å². The van der Waals surface area contributed by atoms with E-state index in [1.807, 2.05) is 0 Å². The summed E-state index contributed by atoms with van der Waals surface area (Å²) in [6.45, 7) is 3.82. The normalized spacial score (nSPS) is 10.3. The van der Waals surface area contributed by atoms with Crippen molar-refractivity contribution in [1.82, 2.24) is 15.2 Å². The molecule has 1 heterocycles. The van der Waals surface area contributed by atoms with Gasteiger partial charge < -0.3 is 19.9 Å². The van der Waals surface area contributed by atoms with E-state index in [0.29, 0.717) is 34.6 Å². The van der Waals surface area contributed by atoms with E-state index in [4.69, 9.17) is 4.74 Å². The highest BCUT2D eigenvalue weighted by Crippen LogP contribution is 2.20. The molecule has 0 saturated carbocycles. The van der Waals surface area contributed by atoms with E-state index in [1.54, 1.807) is 57.1 Å². The molecule has 0 aliphatic carbocycles. The van der Waals surface area contributed by atoms with Gasteiger partial charge in [-0.15, -0.1) is 0 Å². The minimum atomic E-state index is -0.470. The average Bonchev–Trinajstić information content (AvgIpc) is 2.94. The Morgan fingerprint density at radius 1 is 1.15 bits per heavy atom. The molecule has 0 aliphatic rings. The number of rotatable bonds is 5. The van der Waals surface area contributed by atoms with E-state index in [1.165, 1.54) is 7.11 Å². The van der Waals surface area contributed by atoms with Crippen LogP contribution in [0.15, 0.2) is 24.3 Å². The summed E-state index contributed by atoms with van der Waals surface area (Å²) in [4.78, 5) is 40.7. The number of carbonyl (C=O) groups excluding carboxylic acids is 3. The Morgan fingerprint density at radius 3 is 2.31 bits per heavy atom. The second-order valence-corrected chi connectivity index (χ2v) is 6.05. The van der Waals surface area contributed by atoms with Gasteiger partial charge >= 0.3 is 5.97 Å². The molecule has 0 unspecified atom stereocenters. The van der Waals surface area contributed by atoms with Crippen molar-refractivity contribution in [3.63, 3.8) is 0 Å². The zero-order valence-corrected chi connectivity index (χ0v) is 15.6. The van der Waals surface area contributed by atoms with Crippen molar-refractivity contribution < 1.29 is 19.1 Å². The Labute approximate surface area is 152 Å². The maximum absolute atomic E-state index is 12.7. The highest BCUT2D eigenvalue weighted by Gasteiger charge is 2.24. The predicted molar refractivity (Wildman–Crippen MR) is 97.2 cm³/mol. The van der Waals surface area contributed by atoms with E-state index in [0.717, 1.165) is 5.56 Å². The Kier molecular flexibility index (Phi) is 5.82. The number of nitrogens with zero attached hydrogens (tertiary/aromatic N) is 1. The predicted octanol–water partition coefficient (Wildman–Crippen LogP) is 2.05. The van der Waals surface area contributed by atoms with E-state index >= 15 is 0 Å². The Hall–Kier alpha value is -3.09. The molecule has 0 bridgehead atoms. The van der Waals surface area contributed by atoms with Gasteiger partial charge in [-0.2, -0.15) is 0 Å². The highest BCUT2D eigenvalue weighted by molar-refractivity contribution is 6.00.